The third-order valence-corrected chi connectivity index (χ3v) is 5.85. The lowest BCUT2D eigenvalue weighted by Crippen LogP contribution is -2.50. The van der Waals surface area contributed by atoms with Crippen LogP contribution in [0.5, 0.6) is 0 Å². The number of anilines is 1. The van der Waals surface area contributed by atoms with Crippen LogP contribution in [0.4, 0.5) is 5.69 Å². The average molecular weight is 317 g/mol. The molecule has 0 heterocycles. The summed E-state index contributed by atoms with van der Waals surface area (Å²) in [6.07, 6.45) is 11.0. The second-order valence-electron chi connectivity index (χ2n) is 7.02. The van der Waals surface area contributed by atoms with Crippen molar-refractivity contribution in [3.8, 4) is 0 Å². The van der Waals surface area contributed by atoms with E-state index >= 15 is 0 Å². The lowest BCUT2D eigenvalue weighted by Gasteiger charge is -2.52. The van der Waals surface area contributed by atoms with E-state index in [1.807, 2.05) is 30.3 Å². The number of benzene rings is 1. The van der Waals surface area contributed by atoms with E-state index in [4.69, 9.17) is 17.0 Å². The monoisotopic (exact) mass is 317 g/mol. The fourth-order valence-electron chi connectivity index (χ4n) is 4.17. The number of hydrogen-bond donors (Lipinski definition) is 1. The SMILES string of the molecule is CCCC1CCC2(CC1)CCC2OC(=S)Nc1ccccc1. The fraction of sp³-hybridized carbons (Fsp3) is 0.632. The molecule has 1 N–H and O–H groups in total. The molecule has 1 spiro atoms. The van der Waals surface area contributed by atoms with Crippen LogP contribution in [-0.2, 0) is 4.74 Å². The van der Waals surface area contributed by atoms with Crippen molar-refractivity contribution >= 4 is 23.1 Å². The van der Waals surface area contributed by atoms with Crippen molar-refractivity contribution in [3.05, 3.63) is 30.3 Å². The number of rotatable bonds is 4. The second-order valence-corrected chi connectivity index (χ2v) is 7.39. The molecule has 120 valence electrons. The van der Waals surface area contributed by atoms with Crippen molar-refractivity contribution in [1.29, 1.82) is 0 Å². The minimum atomic E-state index is 0.332. The normalized spacial score (nSPS) is 30.6. The maximum atomic E-state index is 6.10. The largest absolute Gasteiger partial charge is 0.467 e. The van der Waals surface area contributed by atoms with Crippen LogP contribution in [0.25, 0.3) is 0 Å². The van der Waals surface area contributed by atoms with Gasteiger partial charge in [-0.05, 0) is 68.8 Å². The number of para-hydroxylation sites is 1. The third kappa shape index (κ3) is 3.45. The Hall–Kier alpha value is -1.09. The predicted octanol–water partition coefficient (Wildman–Crippen LogP) is 5.54. The van der Waals surface area contributed by atoms with Crippen LogP contribution in [0.1, 0.15) is 58.3 Å². The Kier molecular flexibility index (Phi) is 5.02. The minimum Gasteiger partial charge on any atom is -0.467 e. The van der Waals surface area contributed by atoms with E-state index < -0.39 is 0 Å². The van der Waals surface area contributed by atoms with Gasteiger partial charge in [0.05, 0.1) is 0 Å². The molecule has 1 atom stereocenters. The molecule has 2 aliphatic rings. The van der Waals surface area contributed by atoms with E-state index in [0.29, 0.717) is 16.7 Å². The first-order valence-corrected chi connectivity index (χ1v) is 9.15. The molecule has 22 heavy (non-hydrogen) atoms. The molecule has 3 heteroatoms. The van der Waals surface area contributed by atoms with Crippen molar-refractivity contribution in [2.75, 3.05) is 5.32 Å². The van der Waals surface area contributed by atoms with Gasteiger partial charge in [-0.3, -0.25) is 0 Å². The van der Waals surface area contributed by atoms with E-state index in [9.17, 15) is 0 Å². The van der Waals surface area contributed by atoms with E-state index in [2.05, 4.69) is 12.2 Å². The number of hydrogen-bond acceptors (Lipinski definition) is 2. The Morgan fingerprint density at radius 3 is 2.45 bits per heavy atom. The summed E-state index contributed by atoms with van der Waals surface area (Å²) in [6, 6.07) is 10.0. The highest BCUT2D eigenvalue weighted by Crippen LogP contribution is 2.54. The van der Waals surface area contributed by atoms with Crippen LogP contribution >= 0.6 is 12.2 Å². The zero-order valence-electron chi connectivity index (χ0n) is 13.5. The van der Waals surface area contributed by atoms with Crippen LogP contribution in [0, 0.1) is 11.3 Å². The maximum absolute atomic E-state index is 6.10. The zero-order chi connectivity index (χ0) is 15.4. The van der Waals surface area contributed by atoms with Crippen LogP contribution < -0.4 is 5.32 Å². The quantitative estimate of drug-likeness (QED) is 0.737. The smallest absolute Gasteiger partial charge is 0.261 e. The summed E-state index contributed by atoms with van der Waals surface area (Å²) in [6.45, 7) is 2.30. The molecular weight excluding hydrogens is 290 g/mol. The Balaban J connectivity index is 1.50. The lowest BCUT2D eigenvalue weighted by molar-refractivity contribution is -0.0843. The lowest BCUT2D eigenvalue weighted by atomic mass is 9.57. The van der Waals surface area contributed by atoms with Crippen molar-refractivity contribution in [1.82, 2.24) is 0 Å². The van der Waals surface area contributed by atoms with Gasteiger partial charge in [0.2, 0.25) is 0 Å². The van der Waals surface area contributed by atoms with Gasteiger partial charge < -0.3 is 10.1 Å². The van der Waals surface area contributed by atoms with Crippen molar-refractivity contribution in [2.45, 2.75) is 64.4 Å². The fourth-order valence-corrected chi connectivity index (χ4v) is 4.41. The summed E-state index contributed by atoms with van der Waals surface area (Å²) >= 11 is 5.40. The van der Waals surface area contributed by atoms with E-state index in [1.165, 1.54) is 44.9 Å². The summed E-state index contributed by atoms with van der Waals surface area (Å²) in [4.78, 5) is 0. The first kappa shape index (κ1) is 15.8. The Bertz CT molecular complexity index is 493. The first-order valence-electron chi connectivity index (χ1n) is 8.74. The van der Waals surface area contributed by atoms with Crippen LogP contribution in [0.15, 0.2) is 30.3 Å². The molecule has 1 aromatic rings. The minimum absolute atomic E-state index is 0.332. The summed E-state index contributed by atoms with van der Waals surface area (Å²) in [7, 11) is 0. The Morgan fingerprint density at radius 2 is 1.86 bits per heavy atom. The average Bonchev–Trinajstić information content (AvgIpc) is 2.54. The maximum Gasteiger partial charge on any atom is 0.261 e. The van der Waals surface area contributed by atoms with Gasteiger partial charge in [-0.1, -0.05) is 38.0 Å². The molecule has 0 radical (unpaired) electrons. The van der Waals surface area contributed by atoms with E-state index in [1.54, 1.807) is 0 Å². The second kappa shape index (κ2) is 6.99. The van der Waals surface area contributed by atoms with Crippen LogP contribution in [0.2, 0.25) is 0 Å². The molecule has 2 saturated carbocycles. The highest BCUT2D eigenvalue weighted by Gasteiger charge is 2.50. The molecule has 2 fully saturated rings. The van der Waals surface area contributed by atoms with Gasteiger partial charge in [0, 0.05) is 11.1 Å². The molecule has 0 bridgehead atoms. The number of thiocarbonyl (C=S) groups is 1. The highest BCUT2D eigenvalue weighted by atomic mass is 32.1. The van der Waals surface area contributed by atoms with E-state index in [0.717, 1.165) is 18.0 Å². The molecule has 2 aliphatic carbocycles. The van der Waals surface area contributed by atoms with Crippen molar-refractivity contribution < 1.29 is 4.74 Å². The Labute approximate surface area is 139 Å². The topological polar surface area (TPSA) is 21.3 Å². The van der Waals surface area contributed by atoms with Gasteiger partial charge >= 0.3 is 0 Å². The summed E-state index contributed by atoms with van der Waals surface area (Å²) in [5, 5.41) is 3.73. The highest BCUT2D eigenvalue weighted by molar-refractivity contribution is 7.80. The van der Waals surface area contributed by atoms with Gasteiger partial charge in [0.25, 0.3) is 5.17 Å². The third-order valence-electron chi connectivity index (χ3n) is 5.65. The van der Waals surface area contributed by atoms with Gasteiger partial charge in [-0.25, -0.2) is 0 Å². The first-order chi connectivity index (χ1) is 10.7. The molecule has 0 aromatic heterocycles. The van der Waals surface area contributed by atoms with Crippen molar-refractivity contribution in [3.63, 3.8) is 0 Å². The Morgan fingerprint density at radius 1 is 1.18 bits per heavy atom. The molecule has 1 unspecified atom stereocenters. The van der Waals surface area contributed by atoms with Crippen LogP contribution in [-0.4, -0.2) is 11.3 Å². The summed E-state index contributed by atoms with van der Waals surface area (Å²) < 4.78 is 6.10. The van der Waals surface area contributed by atoms with Crippen molar-refractivity contribution in [2.24, 2.45) is 11.3 Å². The number of nitrogens with one attached hydrogen (secondary N) is 1. The zero-order valence-corrected chi connectivity index (χ0v) is 14.3. The standard InChI is InChI=1S/C19H27NOS/c1-2-6-15-9-12-19(13-10-15)14-11-17(19)21-18(22)20-16-7-4-3-5-8-16/h3-5,7-8,15,17H,2,6,9-14H2,1H3,(H,20,22). The molecular formula is C19H27NOS. The van der Waals surface area contributed by atoms with Crippen LogP contribution in [0.3, 0.4) is 0 Å². The van der Waals surface area contributed by atoms with Gasteiger partial charge in [-0.2, -0.15) is 0 Å². The summed E-state index contributed by atoms with van der Waals surface area (Å²) in [5.41, 5.74) is 1.43. The molecule has 2 nitrogen and oxygen atoms in total. The molecule has 0 saturated heterocycles. The van der Waals surface area contributed by atoms with Gasteiger partial charge in [-0.15, -0.1) is 0 Å². The van der Waals surface area contributed by atoms with Gasteiger partial charge in [0.1, 0.15) is 6.10 Å². The molecule has 1 aromatic carbocycles. The predicted molar refractivity (Wildman–Crippen MR) is 96.1 cm³/mol. The summed E-state index contributed by atoms with van der Waals surface area (Å²) in [5.74, 6) is 0.950. The molecule has 0 aliphatic heterocycles. The molecule has 0 amide bonds. The van der Waals surface area contributed by atoms with E-state index in [-0.39, 0.29) is 0 Å². The number of ether oxygens (including phenoxy) is 1. The van der Waals surface area contributed by atoms with Gasteiger partial charge in [0.15, 0.2) is 0 Å². The molecule has 3 rings (SSSR count).